The average Bonchev–Trinajstić information content (AvgIpc) is 2.67. The molecule has 0 radical (unpaired) electrons. The van der Waals surface area contributed by atoms with Gasteiger partial charge in [0.2, 0.25) is 10.0 Å². The van der Waals surface area contributed by atoms with Gasteiger partial charge in [0.15, 0.2) is 0 Å². The smallest absolute Gasteiger partial charge is 0.240 e. The molecule has 0 amide bonds. The second-order valence-corrected chi connectivity index (χ2v) is 8.06. The summed E-state index contributed by atoms with van der Waals surface area (Å²) >= 11 is 0. The van der Waals surface area contributed by atoms with E-state index in [-0.39, 0.29) is 11.4 Å². The predicted octanol–water partition coefficient (Wildman–Crippen LogP) is 2.13. The summed E-state index contributed by atoms with van der Waals surface area (Å²) in [6.45, 7) is 3.83. The van der Waals surface area contributed by atoms with Crippen LogP contribution in [0.5, 0.6) is 0 Å². The molecule has 1 aliphatic rings. The fourth-order valence-corrected chi connectivity index (χ4v) is 3.91. The number of nitriles is 1. The van der Waals surface area contributed by atoms with Crippen molar-refractivity contribution in [2.24, 2.45) is 0 Å². The molecule has 1 N–H and O–H groups in total. The molecule has 1 fully saturated rings. The van der Waals surface area contributed by atoms with Gasteiger partial charge in [-0.25, -0.2) is 23.1 Å². The lowest BCUT2D eigenvalue weighted by atomic mass is 10.1. The van der Waals surface area contributed by atoms with E-state index in [0.717, 1.165) is 37.4 Å². The molecule has 26 heavy (non-hydrogen) atoms. The van der Waals surface area contributed by atoms with E-state index in [0.29, 0.717) is 11.4 Å². The van der Waals surface area contributed by atoms with Gasteiger partial charge in [-0.05, 0) is 50.5 Å². The van der Waals surface area contributed by atoms with Crippen LogP contribution < -0.4 is 9.62 Å². The van der Waals surface area contributed by atoms with E-state index in [2.05, 4.69) is 19.6 Å². The first-order valence-corrected chi connectivity index (χ1v) is 10.1. The lowest BCUT2D eigenvalue weighted by Gasteiger charge is -2.28. The molecule has 1 aliphatic heterocycles. The average molecular weight is 371 g/mol. The summed E-state index contributed by atoms with van der Waals surface area (Å²) in [6, 6.07) is 9.69. The molecule has 7 nitrogen and oxygen atoms in total. The second kappa shape index (κ2) is 7.81. The quantitative estimate of drug-likeness (QED) is 0.864. The topological polar surface area (TPSA) is 99.0 Å². The lowest BCUT2D eigenvalue weighted by Crippen LogP contribution is -2.31. The minimum atomic E-state index is -3.69. The number of rotatable bonds is 5. The number of piperidine rings is 1. The fraction of sp³-hybridized carbons (Fsp3) is 0.389. The molecule has 0 saturated carbocycles. The van der Waals surface area contributed by atoms with Gasteiger partial charge in [-0.2, -0.15) is 5.26 Å². The van der Waals surface area contributed by atoms with E-state index >= 15 is 0 Å². The minimum Gasteiger partial charge on any atom is -0.357 e. The van der Waals surface area contributed by atoms with Crippen molar-refractivity contribution in [1.82, 2.24) is 14.7 Å². The van der Waals surface area contributed by atoms with Crippen molar-refractivity contribution in [3.63, 3.8) is 0 Å². The SMILES string of the molecule is Cc1cc(N2CCCCC2)nc(CNS(=O)(=O)c2ccc(C#N)cc2)n1. The van der Waals surface area contributed by atoms with E-state index < -0.39 is 10.0 Å². The molecular weight excluding hydrogens is 350 g/mol. The van der Waals surface area contributed by atoms with Crippen molar-refractivity contribution in [2.45, 2.75) is 37.6 Å². The Bertz CT molecular complexity index is 914. The van der Waals surface area contributed by atoms with Crippen molar-refractivity contribution >= 4 is 15.8 Å². The van der Waals surface area contributed by atoms with Crippen LogP contribution in [-0.4, -0.2) is 31.5 Å². The van der Waals surface area contributed by atoms with Crippen LogP contribution in [-0.2, 0) is 16.6 Å². The number of benzene rings is 1. The van der Waals surface area contributed by atoms with Crippen molar-refractivity contribution in [3.8, 4) is 6.07 Å². The molecule has 1 aromatic carbocycles. The highest BCUT2D eigenvalue weighted by atomic mass is 32.2. The minimum absolute atomic E-state index is 0.0187. The summed E-state index contributed by atoms with van der Waals surface area (Å²) in [7, 11) is -3.69. The first-order chi connectivity index (χ1) is 12.5. The van der Waals surface area contributed by atoms with Crippen molar-refractivity contribution in [2.75, 3.05) is 18.0 Å². The second-order valence-electron chi connectivity index (χ2n) is 6.29. The Kier molecular flexibility index (Phi) is 5.49. The van der Waals surface area contributed by atoms with Crippen LogP contribution in [0.15, 0.2) is 35.2 Å². The molecule has 0 unspecified atom stereocenters. The first kappa shape index (κ1) is 18.3. The lowest BCUT2D eigenvalue weighted by molar-refractivity contribution is 0.569. The maximum absolute atomic E-state index is 12.4. The number of nitrogens with zero attached hydrogens (tertiary/aromatic N) is 4. The normalized spacial score (nSPS) is 14.8. The number of hydrogen-bond acceptors (Lipinski definition) is 6. The molecule has 0 spiro atoms. The van der Waals surface area contributed by atoms with Gasteiger partial charge in [-0.1, -0.05) is 0 Å². The first-order valence-electron chi connectivity index (χ1n) is 8.57. The standard InChI is InChI=1S/C18H21N5O2S/c1-14-11-18(23-9-3-2-4-10-23)22-17(21-14)13-20-26(24,25)16-7-5-15(12-19)6-8-16/h5-8,11,20H,2-4,9-10,13H2,1H3. The van der Waals surface area contributed by atoms with Gasteiger partial charge in [-0.15, -0.1) is 0 Å². The number of aromatic nitrogens is 2. The zero-order chi connectivity index (χ0) is 18.6. The largest absolute Gasteiger partial charge is 0.357 e. The van der Waals surface area contributed by atoms with Crippen molar-refractivity contribution in [1.29, 1.82) is 5.26 Å². The van der Waals surface area contributed by atoms with E-state index in [1.807, 2.05) is 19.1 Å². The summed E-state index contributed by atoms with van der Waals surface area (Å²) in [5.74, 6) is 1.30. The van der Waals surface area contributed by atoms with Crippen molar-refractivity contribution < 1.29 is 8.42 Å². The molecule has 1 aromatic heterocycles. The Labute approximate surface area is 153 Å². The number of nitrogens with one attached hydrogen (secondary N) is 1. The van der Waals surface area contributed by atoms with Crippen LogP contribution in [0, 0.1) is 18.3 Å². The summed E-state index contributed by atoms with van der Waals surface area (Å²) in [4.78, 5) is 11.2. The van der Waals surface area contributed by atoms with Gasteiger partial charge in [0.1, 0.15) is 11.6 Å². The Morgan fingerprint density at radius 2 is 1.85 bits per heavy atom. The molecule has 2 heterocycles. The van der Waals surface area contributed by atoms with E-state index in [9.17, 15) is 8.42 Å². The Morgan fingerprint density at radius 3 is 2.50 bits per heavy atom. The number of anilines is 1. The van der Waals surface area contributed by atoms with E-state index in [4.69, 9.17) is 5.26 Å². The molecule has 0 aliphatic carbocycles. The fourth-order valence-electron chi connectivity index (χ4n) is 2.93. The number of aryl methyl sites for hydroxylation is 1. The van der Waals surface area contributed by atoms with Gasteiger partial charge in [-0.3, -0.25) is 0 Å². The summed E-state index contributed by atoms with van der Waals surface area (Å²) in [5, 5.41) is 8.81. The monoisotopic (exact) mass is 371 g/mol. The van der Waals surface area contributed by atoms with E-state index in [1.165, 1.54) is 30.7 Å². The van der Waals surface area contributed by atoms with E-state index in [1.54, 1.807) is 0 Å². The van der Waals surface area contributed by atoms with Crippen LogP contribution in [0.4, 0.5) is 5.82 Å². The molecule has 0 bridgehead atoms. The van der Waals surface area contributed by atoms with Gasteiger partial charge < -0.3 is 4.90 Å². The van der Waals surface area contributed by atoms with Gasteiger partial charge in [0.05, 0.1) is 23.1 Å². The number of hydrogen-bond donors (Lipinski definition) is 1. The maximum Gasteiger partial charge on any atom is 0.240 e. The third-order valence-corrected chi connectivity index (χ3v) is 5.70. The molecule has 8 heteroatoms. The third kappa shape index (κ3) is 4.36. The summed E-state index contributed by atoms with van der Waals surface area (Å²) < 4.78 is 27.4. The zero-order valence-electron chi connectivity index (χ0n) is 14.6. The van der Waals surface area contributed by atoms with Gasteiger partial charge in [0, 0.05) is 24.8 Å². The molecule has 0 atom stereocenters. The maximum atomic E-state index is 12.4. The number of sulfonamides is 1. The molecule has 1 saturated heterocycles. The van der Waals surface area contributed by atoms with Crippen LogP contribution in [0.2, 0.25) is 0 Å². The highest BCUT2D eigenvalue weighted by molar-refractivity contribution is 7.89. The predicted molar refractivity (Wildman–Crippen MR) is 98.0 cm³/mol. The molecule has 2 aromatic rings. The van der Waals surface area contributed by atoms with Crippen LogP contribution >= 0.6 is 0 Å². The highest BCUT2D eigenvalue weighted by Gasteiger charge is 2.17. The molecular formula is C18H21N5O2S. The Hall–Kier alpha value is -2.50. The summed E-state index contributed by atoms with van der Waals surface area (Å²) in [5.41, 5.74) is 1.23. The Balaban J connectivity index is 1.74. The van der Waals surface area contributed by atoms with Gasteiger partial charge in [0.25, 0.3) is 0 Å². The highest BCUT2D eigenvalue weighted by Crippen LogP contribution is 2.18. The van der Waals surface area contributed by atoms with Crippen molar-refractivity contribution in [3.05, 3.63) is 47.4 Å². The van der Waals surface area contributed by atoms with Gasteiger partial charge >= 0.3 is 0 Å². The third-order valence-electron chi connectivity index (χ3n) is 4.28. The summed E-state index contributed by atoms with van der Waals surface area (Å²) in [6.07, 6.45) is 3.52. The van der Waals surface area contributed by atoms with Crippen LogP contribution in [0.25, 0.3) is 0 Å². The molecule has 136 valence electrons. The zero-order valence-corrected chi connectivity index (χ0v) is 15.5. The van der Waals surface area contributed by atoms with Crippen LogP contribution in [0.1, 0.15) is 36.3 Å². The Morgan fingerprint density at radius 1 is 1.15 bits per heavy atom. The van der Waals surface area contributed by atoms with Crippen LogP contribution in [0.3, 0.4) is 0 Å². The molecule has 3 rings (SSSR count).